The van der Waals surface area contributed by atoms with E-state index < -0.39 is 23.6 Å². The number of thiazole rings is 1. The van der Waals surface area contributed by atoms with Crippen molar-refractivity contribution < 1.29 is 13.9 Å². The second kappa shape index (κ2) is 8.15. The Balaban J connectivity index is 2.14. The van der Waals surface area contributed by atoms with Crippen molar-refractivity contribution in [1.29, 1.82) is 10.5 Å². The fourth-order valence-corrected chi connectivity index (χ4v) is 3.13. The fourth-order valence-electron chi connectivity index (χ4n) is 2.27. The molecule has 0 aliphatic heterocycles. The van der Waals surface area contributed by atoms with Gasteiger partial charge in [0.1, 0.15) is 33.4 Å². The number of hydrogen-bond acceptors (Lipinski definition) is 6. The predicted octanol–water partition coefficient (Wildman–Crippen LogP) is 4.09. The summed E-state index contributed by atoms with van der Waals surface area (Å²) in [6, 6.07) is 7.61. The van der Waals surface area contributed by atoms with E-state index in [1.165, 1.54) is 17.4 Å². The van der Waals surface area contributed by atoms with Gasteiger partial charge < -0.3 is 10.1 Å². The van der Waals surface area contributed by atoms with E-state index in [0.29, 0.717) is 21.1 Å². The van der Waals surface area contributed by atoms with Crippen LogP contribution in [0.5, 0.6) is 0 Å². The first-order valence-electron chi connectivity index (χ1n) is 8.18. The molecule has 1 amide bonds. The summed E-state index contributed by atoms with van der Waals surface area (Å²) in [4.78, 5) is 16.6. The van der Waals surface area contributed by atoms with Crippen molar-refractivity contribution in [3.63, 3.8) is 0 Å². The van der Waals surface area contributed by atoms with Gasteiger partial charge in [0, 0.05) is 12.0 Å². The molecule has 1 unspecified atom stereocenters. The van der Waals surface area contributed by atoms with E-state index in [1.807, 2.05) is 6.07 Å². The van der Waals surface area contributed by atoms with Crippen molar-refractivity contribution in [2.45, 2.75) is 45.8 Å². The summed E-state index contributed by atoms with van der Waals surface area (Å²) in [5, 5.41) is 21.2. The van der Waals surface area contributed by atoms with Gasteiger partial charge in [-0.05, 0) is 39.3 Å². The van der Waals surface area contributed by atoms with Crippen LogP contribution in [0.1, 0.15) is 36.9 Å². The van der Waals surface area contributed by atoms with Crippen LogP contribution in [0, 0.1) is 35.4 Å². The molecule has 0 radical (unpaired) electrons. The molecule has 0 aliphatic rings. The van der Waals surface area contributed by atoms with Crippen LogP contribution in [-0.4, -0.2) is 22.7 Å². The summed E-state index contributed by atoms with van der Waals surface area (Å²) >= 11 is 1.19. The quantitative estimate of drug-likeness (QED) is 0.853. The summed E-state index contributed by atoms with van der Waals surface area (Å²) in [6.45, 7) is 6.86. The minimum Gasteiger partial charge on any atom is -0.444 e. The molecular formula is C19H19FN4O2S. The summed E-state index contributed by atoms with van der Waals surface area (Å²) in [7, 11) is 0. The fraction of sp³-hybridized carbons (Fsp3) is 0.368. The van der Waals surface area contributed by atoms with Crippen LogP contribution < -0.4 is 5.32 Å². The molecule has 0 saturated heterocycles. The zero-order valence-corrected chi connectivity index (χ0v) is 16.3. The number of nitrogens with zero attached hydrogens (tertiary/aromatic N) is 3. The Morgan fingerprint density at radius 2 is 2.11 bits per heavy atom. The predicted molar refractivity (Wildman–Crippen MR) is 99.4 cm³/mol. The number of rotatable bonds is 4. The first kappa shape index (κ1) is 20.3. The van der Waals surface area contributed by atoms with Crippen LogP contribution >= 0.6 is 11.3 Å². The zero-order chi connectivity index (χ0) is 20.2. The van der Waals surface area contributed by atoms with Gasteiger partial charge in [-0.15, -0.1) is 11.3 Å². The highest BCUT2D eigenvalue weighted by atomic mass is 32.1. The highest BCUT2D eigenvalue weighted by molar-refractivity contribution is 7.15. The second-order valence-electron chi connectivity index (χ2n) is 6.88. The van der Waals surface area contributed by atoms with Crippen LogP contribution in [0.2, 0.25) is 0 Å². The average Bonchev–Trinajstić information content (AvgIpc) is 2.95. The van der Waals surface area contributed by atoms with Gasteiger partial charge in [0.25, 0.3) is 0 Å². The van der Waals surface area contributed by atoms with E-state index in [9.17, 15) is 14.4 Å². The first-order chi connectivity index (χ1) is 12.6. The molecule has 140 valence electrons. The highest BCUT2D eigenvalue weighted by Gasteiger charge is 2.21. The van der Waals surface area contributed by atoms with Crippen molar-refractivity contribution in [1.82, 2.24) is 10.3 Å². The smallest absolute Gasteiger partial charge is 0.408 e. The maximum atomic E-state index is 14.5. The molecule has 8 heteroatoms. The number of benzene rings is 1. The molecule has 0 bridgehead atoms. The maximum Gasteiger partial charge on any atom is 0.408 e. The Kier molecular flexibility index (Phi) is 6.14. The van der Waals surface area contributed by atoms with Crippen molar-refractivity contribution in [3.05, 3.63) is 40.2 Å². The lowest BCUT2D eigenvalue weighted by molar-refractivity contribution is 0.0515. The number of ether oxygens (including phenoxy) is 1. The third-order valence-corrected chi connectivity index (χ3v) is 4.58. The number of aryl methyl sites for hydroxylation is 1. The first-order valence-corrected chi connectivity index (χ1v) is 9.00. The summed E-state index contributed by atoms with van der Waals surface area (Å²) < 4.78 is 19.6. The summed E-state index contributed by atoms with van der Waals surface area (Å²) in [5.74, 6) is -0.509. The van der Waals surface area contributed by atoms with Gasteiger partial charge in [-0.1, -0.05) is 12.1 Å². The molecule has 0 saturated carbocycles. The molecule has 1 aromatic heterocycles. The van der Waals surface area contributed by atoms with Crippen molar-refractivity contribution in [3.8, 4) is 22.7 Å². The topological polar surface area (TPSA) is 98.8 Å². The number of hydrogen-bond donors (Lipinski definition) is 1. The zero-order valence-electron chi connectivity index (χ0n) is 15.5. The monoisotopic (exact) mass is 386 g/mol. The molecule has 1 heterocycles. The van der Waals surface area contributed by atoms with Crippen LogP contribution in [0.25, 0.3) is 10.6 Å². The molecule has 0 aliphatic carbocycles. The number of nitriles is 2. The van der Waals surface area contributed by atoms with E-state index in [4.69, 9.17) is 10.00 Å². The minimum absolute atomic E-state index is 0.00218. The third-order valence-electron chi connectivity index (χ3n) is 3.47. The number of aromatic nitrogens is 1. The van der Waals surface area contributed by atoms with Gasteiger partial charge in [0.15, 0.2) is 0 Å². The maximum absolute atomic E-state index is 14.5. The lowest BCUT2D eigenvalue weighted by Crippen LogP contribution is -2.39. The Labute approximate surface area is 161 Å². The molecule has 1 N–H and O–H groups in total. The Hall–Kier alpha value is -2.97. The molecule has 27 heavy (non-hydrogen) atoms. The van der Waals surface area contributed by atoms with E-state index in [2.05, 4.69) is 16.4 Å². The summed E-state index contributed by atoms with van der Waals surface area (Å²) in [6.07, 6.45) is -0.726. The Morgan fingerprint density at radius 1 is 1.41 bits per heavy atom. The van der Waals surface area contributed by atoms with Gasteiger partial charge in [0.2, 0.25) is 0 Å². The van der Waals surface area contributed by atoms with E-state index in [-0.39, 0.29) is 12.0 Å². The molecule has 2 rings (SSSR count). The summed E-state index contributed by atoms with van der Waals surface area (Å²) in [5.41, 5.74) is 0.758. The molecule has 6 nitrogen and oxygen atoms in total. The SMILES string of the molecule is Cc1nc(-c2ccc(CC(C#N)NC(=O)OC(C)(C)C)c(F)c2)sc1C#N. The normalized spacial score (nSPS) is 12.0. The number of carbonyl (C=O) groups is 1. The van der Waals surface area contributed by atoms with Crippen molar-refractivity contribution >= 4 is 17.4 Å². The lowest BCUT2D eigenvalue weighted by atomic mass is 10.0. The van der Waals surface area contributed by atoms with Gasteiger partial charge >= 0.3 is 6.09 Å². The van der Waals surface area contributed by atoms with Gasteiger partial charge in [-0.25, -0.2) is 14.2 Å². The van der Waals surface area contributed by atoms with Crippen LogP contribution in [0.15, 0.2) is 18.2 Å². The van der Waals surface area contributed by atoms with Crippen LogP contribution in [-0.2, 0) is 11.2 Å². The van der Waals surface area contributed by atoms with Crippen LogP contribution in [0.3, 0.4) is 0 Å². The van der Waals surface area contributed by atoms with E-state index >= 15 is 0 Å². The Bertz CT molecular complexity index is 935. The number of alkyl carbamates (subject to hydrolysis) is 1. The second-order valence-corrected chi connectivity index (χ2v) is 7.88. The molecule has 2 aromatic rings. The molecular weight excluding hydrogens is 367 g/mol. The largest absolute Gasteiger partial charge is 0.444 e. The van der Waals surface area contributed by atoms with Crippen LogP contribution in [0.4, 0.5) is 9.18 Å². The molecule has 0 fully saturated rings. The molecule has 1 aromatic carbocycles. The highest BCUT2D eigenvalue weighted by Crippen LogP contribution is 2.28. The standard InChI is InChI=1S/C19H19FN4O2S/c1-11-16(10-22)27-17(23-11)13-6-5-12(15(20)8-13)7-14(9-21)24-18(25)26-19(2,3)4/h5-6,8,14H,7H2,1-4H3,(H,24,25). The van der Waals surface area contributed by atoms with Gasteiger partial charge in [0.05, 0.1) is 11.8 Å². The van der Waals surface area contributed by atoms with E-state index in [1.54, 1.807) is 39.8 Å². The number of amides is 1. The Morgan fingerprint density at radius 3 is 2.63 bits per heavy atom. The van der Waals surface area contributed by atoms with Gasteiger partial charge in [-0.2, -0.15) is 10.5 Å². The molecule has 0 spiro atoms. The number of carbonyl (C=O) groups excluding carboxylic acids is 1. The third kappa shape index (κ3) is 5.50. The molecule has 1 atom stereocenters. The number of nitrogens with one attached hydrogen (secondary N) is 1. The van der Waals surface area contributed by atoms with Gasteiger partial charge in [-0.3, -0.25) is 0 Å². The van der Waals surface area contributed by atoms with Crippen molar-refractivity contribution in [2.24, 2.45) is 0 Å². The van der Waals surface area contributed by atoms with E-state index in [0.717, 1.165) is 0 Å². The number of halogens is 1. The van der Waals surface area contributed by atoms with Crippen molar-refractivity contribution in [2.75, 3.05) is 0 Å². The lowest BCUT2D eigenvalue weighted by Gasteiger charge is -2.21. The average molecular weight is 386 g/mol. The minimum atomic E-state index is -0.924.